The van der Waals surface area contributed by atoms with Crippen molar-refractivity contribution in [2.75, 3.05) is 26.6 Å². The molecule has 2 amide bonds. The molecular weight excluding hydrogens is 508 g/mol. The van der Waals surface area contributed by atoms with E-state index in [4.69, 9.17) is 14.2 Å². The Morgan fingerprint density at radius 1 is 0.865 bits per heavy atom. The summed E-state index contributed by atoms with van der Waals surface area (Å²) in [4.78, 5) is 16.7. The number of pyridine rings is 1. The van der Waals surface area contributed by atoms with Gasteiger partial charge in [0.2, 0.25) is 5.75 Å². The molecule has 1 aromatic heterocycles. The molecule has 0 unspecified atom stereocenters. The van der Waals surface area contributed by atoms with Crippen molar-refractivity contribution >= 4 is 11.7 Å². The highest BCUT2D eigenvalue weighted by molar-refractivity contribution is 5.90. The van der Waals surface area contributed by atoms with Crippen molar-refractivity contribution in [2.24, 2.45) is 0 Å². The van der Waals surface area contributed by atoms with Crippen LogP contribution in [-0.4, -0.2) is 32.3 Å². The number of anilines is 1. The third kappa shape index (κ3) is 6.35. The second-order valence-corrected chi connectivity index (χ2v) is 7.50. The topological polar surface area (TPSA) is 81.7 Å². The van der Waals surface area contributed by atoms with Crippen LogP contribution in [0.1, 0.15) is 28.4 Å². The SMILES string of the molecule is COc1cc(NC(=O)N[C@@H](c2ccc(C(F)(F)F)cc2)c2ncccc2C(F)(F)F)cc(OC)c1OC. The maximum atomic E-state index is 13.7. The van der Waals surface area contributed by atoms with E-state index < -0.39 is 41.2 Å². The molecule has 0 bridgehead atoms. The molecule has 3 aromatic rings. The van der Waals surface area contributed by atoms with Crippen LogP contribution in [0.15, 0.2) is 54.7 Å². The Labute approximate surface area is 207 Å². The van der Waals surface area contributed by atoms with Crippen LogP contribution in [0.25, 0.3) is 0 Å². The first-order valence-corrected chi connectivity index (χ1v) is 10.5. The molecule has 0 radical (unpaired) electrons. The number of aromatic nitrogens is 1. The monoisotopic (exact) mass is 529 g/mol. The Hall–Kier alpha value is -4.16. The van der Waals surface area contributed by atoms with Gasteiger partial charge in [0.15, 0.2) is 11.5 Å². The van der Waals surface area contributed by atoms with Crippen molar-refractivity contribution < 1.29 is 45.3 Å². The van der Waals surface area contributed by atoms with Crippen LogP contribution >= 0.6 is 0 Å². The fourth-order valence-corrected chi connectivity index (χ4v) is 3.51. The number of rotatable bonds is 7. The van der Waals surface area contributed by atoms with Gasteiger partial charge in [-0.25, -0.2) is 4.79 Å². The Morgan fingerprint density at radius 3 is 1.95 bits per heavy atom. The van der Waals surface area contributed by atoms with Gasteiger partial charge in [-0.15, -0.1) is 0 Å². The quantitative estimate of drug-likeness (QED) is 0.364. The molecule has 198 valence electrons. The van der Waals surface area contributed by atoms with Crippen LogP contribution in [0.4, 0.5) is 36.8 Å². The van der Waals surface area contributed by atoms with Crippen molar-refractivity contribution in [1.82, 2.24) is 10.3 Å². The lowest BCUT2D eigenvalue weighted by atomic mass is 9.98. The number of nitrogens with one attached hydrogen (secondary N) is 2. The molecule has 0 aliphatic rings. The summed E-state index contributed by atoms with van der Waals surface area (Å²) in [6.07, 6.45) is -8.42. The van der Waals surface area contributed by atoms with Gasteiger partial charge in [-0.2, -0.15) is 26.3 Å². The molecule has 0 saturated carbocycles. The lowest BCUT2D eigenvalue weighted by Crippen LogP contribution is -2.35. The van der Waals surface area contributed by atoms with Gasteiger partial charge in [-0.3, -0.25) is 4.98 Å². The number of amides is 2. The highest BCUT2D eigenvalue weighted by Gasteiger charge is 2.37. The molecule has 1 atom stereocenters. The normalized spacial score (nSPS) is 12.5. The molecule has 2 aromatic carbocycles. The number of ether oxygens (including phenoxy) is 3. The van der Waals surface area contributed by atoms with E-state index in [1.807, 2.05) is 0 Å². The van der Waals surface area contributed by atoms with Crippen molar-refractivity contribution in [1.29, 1.82) is 0 Å². The maximum Gasteiger partial charge on any atom is 0.418 e. The number of hydrogen-bond donors (Lipinski definition) is 2. The summed E-state index contributed by atoms with van der Waals surface area (Å²) in [6, 6.07) is 5.43. The number of halogens is 6. The minimum Gasteiger partial charge on any atom is -0.493 e. The Kier molecular flexibility index (Phi) is 8.04. The van der Waals surface area contributed by atoms with Crippen LogP contribution < -0.4 is 24.8 Å². The van der Waals surface area contributed by atoms with E-state index in [1.54, 1.807) is 0 Å². The molecule has 7 nitrogen and oxygen atoms in total. The van der Waals surface area contributed by atoms with Crippen molar-refractivity contribution in [2.45, 2.75) is 18.4 Å². The summed E-state index contributed by atoms with van der Waals surface area (Å²) in [7, 11) is 4.07. The minimum atomic E-state index is -4.84. The Balaban J connectivity index is 2.01. The van der Waals surface area contributed by atoms with Crippen LogP contribution in [0.2, 0.25) is 0 Å². The van der Waals surface area contributed by atoms with Gasteiger partial charge in [0.25, 0.3) is 0 Å². The first kappa shape index (κ1) is 27.4. The summed E-state index contributed by atoms with van der Waals surface area (Å²) < 4.78 is 95.8. The van der Waals surface area contributed by atoms with Gasteiger partial charge in [-0.1, -0.05) is 12.1 Å². The van der Waals surface area contributed by atoms with Gasteiger partial charge in [0.05, 0.1) is 49.9 Å². The van der Waals surface area contributed by atoms with E-state index in [2.05, 4.69) is 15.6 Å². The second kappa shape index (κ2) is 10.8. The number of nitrogens with zero attached hydrogens (tertiary/aromatic N) is 1. The van der Waals surface area contributed by atoms with E-state index in [0.717, 1.165) is 30.5 Å². The zero-order valence-electron chi connectivity index (χ0n) is 19.6. The summed E-state index contributed by atoms with van der Waals surface area (Å²) in [6.45, 7) is 0. The molecule has 0 aliphatic heterocycles. The van der Waals surface area contributed by atoms with Gasteiger partial charge < -0.3 is 24.8 Å². The standard InChI is InChI=1S/C24H21F6N3O4/c1-35-17-11-15(12-18(36-2)21(17)37-3)32-22(34)33-19(13-6-8-14(9-7-13)23(25,26)27)20-16(24(28,29)30)5-4-10-31-20/h4-12,19H,1-3H3,(H2,32,33,34)/t19-/m0/s1. The smallest absolute Gasteiger partial charge is 0.418 e. The molecule has 0 saturated heterocycles. The predicted octanol–water partition coefficient (Wildman–Crippen LogP) is 6.06. The summed E-state index contributed by atoms with van der Waals surface area (Å²) >= 11 is 0. The number of hydrogen-bond acceptors (Lipinski definition) is 5. The van der Waals surface area contributed by atoms with E-state index in [9.17, 15) is 31.1 Å². The number of carbonyl (C=O) groups excluding carboxylic acids is 1. The molecule has 0 fully saturated rings. The number of carbonyl (C=O) groups is 1. The second-order valence-electron chi connectivity index (χ2n) is 7.50. The Bertz CT molecular complexity index is 1220. The third-order valence-electron chi connectivity index (χ3n) is 5.19. The molecule has 0 spiro atoms. The third-order valence-corrected chi connectivity index (χ3v) is 5.19. The van der Waals surface area contributed by atoms with Crippen LogP contribution in [0, 0.1) is 0 Å². The summed E-state index contributed by atoms with van der Waals surface area (Å²) in [5.41, 5.74) is -2.69. The van der Waals surface area contributed by atoms with E-state index in [-0.39, 0.29) is 28.5 Å². The predicted molar refractivity (Wildman–Crippen MR) is 121 cm³/mol. The number of alkyl halides is 6. The largest absolute Gasteiger partial charge is 0.493 e. The van der Waals surface area contributed by atoms with Crippen molar-refractivity contribution in [3.05, 3.63) is 77.1 Å². The molecule has 0 aliphatic carbocycles. The molecule has 2 N–H and O–H groups in total. The van der Waals surface area contributed by atoms with Crippen molar-refractivity contribution in [3.63, 3.8) is 0 Å². The fourth-order valence-electron chi connectivity index (χ4n) is 3.51. The van der Waals surface area contributed by atoms with E-state index in [0.29, 0.717) is 12.1 Å². The number of benzene rings is 2. The van der Waals surface area contributed by atoms with Gasteiger partial charge in [-0.05, 0) is 29.8 Å². The summed E-state index contributed by atoms with van der Waals surface area (Å²) in [5, 5.41) is 4.82. The molecule has 13 heteroatoms. The fraction of sp³-hybridized carbons (Fsp3) is 0.250. The first-order chi connectivity index (χ1) is 17.4. The average Bonchev–Trinajstić information content (AvgIpc) is 2.85. The van der Waals surface area contributed by atoms with Gasteiger partial charge >= 0.3 is 18.4 Å². The Morgan fingerprint density at radius 2 is 1.46 bits per heavy atom. The van der Waals surface area contributed by atoms with E-state index >= 15 is 0 Å². The number of urea groups is 1. The van der Waals surface area contributed by atoms with Crippen LogP contribution in [0.3, 0.4) is 0 Å². The minimum absolute atomic E-state index is 0.0581. The highest BCUT2D eigenvalue weighted by atomic mass is 19.4. The number of methoxy groups -OCH3 is 3. The first-order valence-electron chi connectivity index (χ1n) is 10.5. The molecule has 1 heterocycles. The molecule has 37 heavy (non-hydrogen) atoms. The van der Waals surface area contributed by atoms with Gasteiger partial charge in [0, 0.05) is 18.3 Å². The van der Waals surface area contributed by atoms with Gasteiger partial charge in [0.1, 0.15) is 0 Å². The van der Waals surface area contributed by atoms with Crippen LogP contribution in [0.5, 0.6) is 17.2 Å². The zero-order valence-corrected chi connectivity index (χ0v) is 19.6. The zero-order chi connectivity index (χ0) is 27.4. The molecular formula is C24H21F6N3O4. The van der Waals surface area contributed by atoms with E-state index in [1.165, 1.54) is 33.5 Å². The maximum absolute atomic E-state index is 13.7. The summed E-state index contributed by atoms with van der Waals surface area (Å²) in [5.74, 6) is 0.628. The lowest BCUT2D eigenvalue weighted by Gasteiger charge is -2.23. The average molecular weight is 529 g/mol. The van der Waals surface area contributed by atoms with Crippen LogP contribution in [-0.2, 0) is 12.4 Å². The highest BCUT2D eigenvalue weighted by Crippen LogP contribution is 2.40. The lowest BCUT2D eigenvalue weighted by molar-refractivity contribution is -0.139. The van der Waals surface area contributed by atoms with Crippen molar-refractivity contribution in [3.8, 4) is 17.2 Å². The molecule has 3 rings (SSSR count).